The molecule has 2 aliphatic heterocycles. The summed E-state index contributed by atoms with van der Waals surface area (Å²) in [6, 6.07) is 4.85. The number of hydrogen-bond acceptors (Lipinski definition) is 4. The maximum Gasteiger partial charge on any atom is 0.416 e. The van der Waals surface area contributed by atoms with Gasteiger partial charge in [-0.05, 0) is 24.1 Å². The summed E-state index contributed by atoms with van der Waals surface area (Å²) in [6.07, 6.45) is -3.95. The van der Waals surface area contributed by atoms with Crippen LogP contribution in [0, 0.1) is 5.92 Å². The van der Waals surface area contributed by atoms with Crippen LogP contribution in [0.5, 0.6) is 0 Å². The number of piperidine rings is 1. The predicted molar refractivity (Wildman–Crippen MR) is 100 cm³/mol. The number of benzene rings is 1. The number of methoxy groups -OCH3 is 1. The molecule has 9 heteroatoms. The fraction of sp³-hybridized carbons (Fsp3) is 0.579. The third-order valence-corrected chi connectivity index (χ3v) is 6.19. The Balaban J connectivity index is 1.79. The third kappa shape index (κ3) is 4.74. The lowest BCUT2D eigenvalue weighted by Crippen LogP contribution is -2.52. The van der Waals surface area contributed by atoms with Gasteiger partial charge in [0.25, 0.3) is 0 Å². The molecular formula is C19H23F3N2O3S. The van der Waals surface area contributed by atoms with Gasteiger partial charge in [0.2, 0.25) is 0 Å². The van der Waals surface area contributed by atoms with E-state index in [0.29, 0.717) is 31.6 Å². The second-order valence-electron chi connectivity index (χ2n) is 7.06. The average molecular weight is 416 g/mol. The van der Waals surface area contributed by atoms with Gasteiger partial charge in [-0.3, -0.25) is 4.79 Å². The van der Waals surface area contributed by atoms with Gasteiger partial charge >= 0.3 is 18.2 Å². The Bertz CT molecular complexity index is 705. The van der Waals surface area contributed by atoms with Crippen LogP contribution in [0.2, 0.25) is 0 Å². The smallest absolute Gasteiger partial charge is 0.416 e. The van der Waals surface area contributed by atoms with Crippen molar-refractivity contribution < 1.29 is 27.5 Å². The number of ether oxygens (including phenoxy) is 1. The molecule has 154 valence electrons. The summed E-state index contributed by atoms with van der Waals surface area (Å²) in [7, 11) is 1.30. The minimum atomic E-state index is -4.39. The molecule has 2 amide bonds. The highest BCUT2D eigenvalue weighted by molar-refractivity contribution is 7.99. The van der Waals surface area contributed by atoms with E-state index in [1.54, 1.807) is 21.6 Å². The van der Waals surface area contributed by atoms with Crippen molar-refractivity contribution >= 4 is 23.8 Å². The highest BCUT2D eigenvalue weighted by Crippen LogP contribution is 2.34. The first-order valence-corrected chi connectivity index (χ1v) is 10.3. The van der Waals surface area contributed by atoms with Crippen molar-refractivity contribution in [2.45, 2.75) is 18.5 Å². The van der Waals surface area contributed by atoms with Crippen LogP contribution in [0.1, 0.15) is 23.5 Å². The van der Waals surface area contributed by atoms with Crippen LogP contribution in [-0.2, 0) is 15.7 Å². The summed E-state index contributed by atoms with van der Waals surface area (Å²) < 4.78 is 43.4. The largest absolute Gasteiger partial charge is 0.469 e. The molecule has 3 rings (SSSR count). The van der Waals surface area contributed by atoms with E-state index in [-0.39, 0.29) is 18.5 Å². The van der Waals surface area contributed by atoms with Crippen molar-refractivity contribution in [2.75, 3.05) is 44.8 Å². The highest BCUT2D eigenvalue weighted by Gasteiger charge is 2.37. The van der Waals surface area contributed by atoms with Crippen LogP contribution in [0.25, 0.3) is 0 Å². The summed E-state index contributed by atoms with van der Waals surface area (Å²) in [5, 5.41) is 0. The molecule has 2 heterocycles. The molecule has 2 saturated heterocycles. The number of thioether (sulfide) groups is 1. The lowest BCUT2D eigenvalue weighted by molar-refractivity contribution is -0.147. The first-order valence-electron chi connectivity index (χ1n) is 9.16. The van der Waals surface area contributed by atoms with Crippen LogP contribution in [-0.4, -0.2) is 66.6 Å². The zero-order valence-electron chi connectivity index (χ0n) is 15.6. The fourth-order valence-electron chi connectivity index (χ4n) is 3.73. The molecule has 0 radical (unpaired) electrons. The molecule has 1 aromatic carbocycles. The number of carbonyl (C=O) groups is 2. The molecular weight excluding hydrogens is 393 g/mol. The van der Waals surface area contributed by atoms with Crippen molar-refractivity contribution in [1.82, 2.24) is 9.80 Å². The lowest BCUT2D eigenvalue weighted by atomic mass is 9.84. The van der Waals surface area contributed by atoms with Crippen LogP contribution in [0.3, 0.4) is 0 Å². The Morgan fingerprint density at radius 1 is 1.07 bits per heavy atom. The molecule has 0 aromatic heterocycles. The van der Waals surface area contributed by atoms with E-state index in [1.807, 2.05) is 0 Å². The fourth-order valence-corrected chi connectivity index (χ4v) is 4.64. The van der Waals surface area contributed by atoms with Gasteiger partial charge in [0, 0.05) is 43.6 Å². The Morgan fingerprint density at radius 2 is 1.71 bits per heavy atom. The minimum absolute atomic E-state index is 0.120. The number of rotatable bonds is 2. The monoisotopic (exact) mass is 416 g/mol. The molecule has 5 nitrogen and oxygen atoms in total. The standard InChI is InChI=1S/C19H23F3N2O3S/c1-27-17(25)15-10-14(13-2-4-16(5-3-13)19(20,21)22)11-24(12-15)18(26)23-6-8-28-9-7-23/h2-5,14-15H,6-12H2,1H3. The molecule has 0 aliphatic carbocycles. The Morgan fingerprint density at radius 3 is 2.29 bits per heavy atom. The van der Waals surface area contributed by atoms with Gasteiger partial charge in [-0.25, -0.2) is 4.79 Å². The summed E-state index contributed by atoms with van der Waals surface area (Å²) >= 11 is 1.79. The van der Waals surface area contributed by atoms with Gasteiger partial charge in [0.1, 0.15) is 0 Å². The van der Waals surface area contributed by atoms with E-state index in [2.05, 4.69) is 0 Å². The van der Waals surface area contributed by atoms with Crippen LogP contribution in [0.15, 0.2) is 24.3 Å². The van der Waals surface area contributed by atoms with Crippen LogP contribution < -0.4 is 0 Å². The Kier molecular flexibility index (Phi) is 6.42. The van der Waals surface area contributed by atoms with Gasteiger partial charge in [-0.1, -0.05) is 12.1 Å². The zero-order valence-corrected chi connectivity index (χ0v) is 16.4. The molecule has 2 atom stereocenters. The van der Waals surface area contributed by atoms with Crippen LogP contribution >= 0.6 is 11.8 Å². The summed E-state index contributed by atoms with van der Waals surface area (Å²) in [5.41, 5.74) is -0.0241. The number of hydrogen-bond donors (Lipinski definition) is 0. The second kappa shape index (κ2) is 8.63. The number of esters is 1. The SMILES string of the molecule is COC(=O)C1CC(c2ccc(C(F)(F)F)cc2)CN(C(=O)N2CCSCC2)C1. The van der Waals surface area contributed by atoms with Crippen molar-refractivity contribution in [3.8, 4) is 0 Å². The number of carbonyl (C=O) groups excluding carboxylic acids is 2. The van der Waals surface area contributed by atoms with Crippen molar-refractivity contribution in [1.29, 1.82) is 0 Å². The first-order chi connectivity index (χ1) is 13.3. The van der Waals surface area contributed by atoms with Gasteiger partial charge in [0.15, 0.2) is 0 Å². The number of amides is 2. The number of nitrogens with zero attached hydrogens (tertiary/aromatic N) is 2. The molecule has 0 spiro atoms. The highest BCUT2D eigenvalue weighted by atomic mass is 32.2. The van der Waals surface area contributed by atoms with E-state index in [4.69, 9.17) is 4.74 Å². The molecule has 2 aliphatic rings. The normalized spacial score (nSPS) is 23.4. The quantitative estimate of drug-likeness (QED) is 0.693. The minimum Gasteiger partial charge on any atom is -0.469 e. The van der Waals surface area contributed by atoms with E-state index < -0.39 is 23.6 Å². The van der Waals surface area contributed by atoms with Gasteiger partial charge in [-0.2, -0.15) is 24.9 Å². The molecule has 2 unspecified atom stereocenters. The number of likely N-dealkylation sites (tertiary alicyclic amines) is 1. The Labute approximate surface area is 166 Å². The average Bonchev–Trinajstić information content (AvgIpc) is 2.72. The van der Waals surface area contributed by atoms with Crippen LogP contribution in [0.4, 0.5) is 18.0 Å². The topological polar surface area (TPSA) is 49.9 Å². The molecule has 0 bridgehead atoms. The zero-order chi connectivity index (χ0) is 20.3. The van der Waals surface area contributed by atoms with E-state index in [9.17, 15) is 22.8 Å². The van der Waals surface area contributed by atoms with E-state index in [1.165, 1.54) is 19.2 Å². The summed E-state index contributed by atoms with van der Waals surface area (Å²) in [4.78, 5) is 28.5. The van der Waals surface area contributed by atoms with Crippen molar-refractivity contribution in [3.05, 3.63) is 35.4 Å². The van der Waals surface area contributed by atoms with Crippen molar-refractivity contribution in [3.63, 3.8) is 0 Å². The first kappa shape index (κ1) is 20.8. The summed E-state index contributed by atoms with van der Waals surface area (Å²) in [6.45, 7) is 1.97. The number of halogens is 3. The molecule has 2 fully saturated rings. The van der Waals surface area contributed by atoms with E-state index >= 15 is 0 Å². The Hall–Kier alpha value is -1.90. The maximum absolute atomic E-state index is 12.9. The molecule has 1 aromatic rings. The van der Waals surface area contributed by atoms with Gasteiger partial charge in [0.05, 0.1) is 18.6 Å². The van der Waals surface area contributed by atoms with Gasteiger partial charge < -0.3 is 14.5 Å². The lowest BCUT2D eigenvalue weighted by Gasteiger charge is -2.40. The second-order valence-corrected chi connectivity index (χ2v) is 8.28. The molecule has 28 heavy (non-hydrogen) atoms. The summed E-state index contributed by atoms with van der Waals surface area (Å²) in [5.74, 6) is 0.644. The molecule has 0 saturated carbocycles. The molecule has 0 N–H and O–H groups in total. The van der Waals surface area contributed by atoms with Crippen molar-refractivity contribution in [2.24, 2.45) is 5.92 Å². The number of alkyl halides is 3. The van der Waals surface area contributed by atoms with Gasteiger partial charge in [-0.15, -0.1) is 0 Å². The maximum atomic E-state index is 12.9. The number of urea groups is 1. The third-order valence-electron chi connectivity index (χ3n) is 5.25. The van der Waals surface area contributed by atoms with E-state index in [0.717, 1.165) is 23.6 Å². The predicted octanol–water partition coefficient (Wildman–Crippen LogP) is 3.45.